The fourth-order valence-corrected chi connectivity index (χ4v) is 5.40. The van der Waals surface area contributed by atoms with Crippen molar-refractivity contribution in [3.8, 4) is 11.8 Å². The van der Waals surface area contributed by atoms with Crippen LogP contribution in [0.2, 0.25) is 0 Å². The highest BCUT2D eigenvalue weighted by atomic mass is 79.9. The second-order valence-electron chi connectivity index (χ2n) is 9.03. The molecule has 0 spiro atoms. The topological polar surface area (TPSA) is 96.9 Å². The Labute approximate surface area is 232 Å². The number of halogens is 4. The molecule has 1 aliphatic rings. The molecule has 200 valence electrons. The molecular formula is C27H27BrF3N5OS. The Morgan fingerprint density at radius 2 is 2.03 bits per heavy atom. The first-order chi connectivity index (χ1) is 18.1. The van der Waals surface area contributed by atoms with Gasteiger partial charge in [0.15, 0.2) is 5.75 Å². The van der Waals surface area contributed by atoms with Crippen molar-refractivity contribution in [2.75, 3.05) is 23.9 Å². The van der Waals surface area contributed by atoms with E-state index >= 15 is 0 Å². The molecule has 0 bridgehead atoms. The number of alkyl halides is 3. The van der Waals surface area contributed by atoms with Crippen LogP contribution in [0.15, 0.2) is 47.1 Å². The highest BCUT2D eigenvalue weighted by Crippen LogP contribution is 2.41. The van der Waals surface area contributed by atoms with E-state index in [-0.39, 0.29) is 6.04 Å². The van der Waals surface area contributed by atoms with Crippen molar-refractivity contribution in [3.05, 3.63) is 80.8 Å². The molecule has 3 atom stereocenters. The molecule has 0 saturated carbocycles. The summed E-state index contributed by atoms with van der Waals surface area (Å²) in [5.74, 6) is 0.928. The molecule has 0 fully saturated rings. The number of rotatable bonds is 8. The zero-order valence-electron chi connectivity index (χ0n) is 20.8. The summed E-state index contributed by atoms with van der Waals surface area (Å²) in [7, 11) is 0. The summed E-state index contributed by atoms with van der Waals surface area (Å²) in [6.45, 7) is 2.42. The zero-order chi connectivity index (χ0) is 27.4. The van der Waals surface area contributed by atoms with E-state index in [0.717, 1.165) is 27.9 Å². The van der Waals surface area contributed by atoms with Gasteiger partial charge < -0.3 is 15.8 Å². The van der Waals surface area contributed by atoms with Crippen LogP contribution in [-0.4, -0.2) is 40.7 Å². The van der Waals surface area contributed by atoms with E-state index in [0.29, 0.717) is 53.5 Å². The van der Waals surface area contributed by atoms with E-state index in [1.807, 2.05) is 19.2 Å². The predicted octanol–water partition coefficient (Wildman–Crippen LogP) is 6.13. The van der Waals surface area contributed by atoms with Gasteiger partial charge in [-0.3, -0.25) is 0 Å². The lowest BCUT2D eigenvalue weighted by Crippen LogP contribution is -2.48. The van der Waals surface area contributed by atoms with Crippen molar-refractivity contribution in [2.24, 2.45) is 5.73 Å². The normalized spacial score (nSPS) is 18.8. The summed E-state index contributed by atoms with van der Waals surface area (Å²) < 4.78 is 47.5. The van der Waals surface area contributed by atoms with E-state index in [1.54, 1.807) is 30.1 Å². The minimum absolute atomic E-state index is 0.169. The SMILES string of the molecule is CCC1Nc2ccc(C(F)(F)F)cc2C(c2ncc(OCCSC)c(Cc3cc(Br)cc(C#N)c3)n2)C1N. The van der Waals surface area contributed by atoms with Crippen LogP contribution in [0.25, 0.3) is 0 Å². The molecule has 3 unspecified atom stereocenters. The first kappa shape index (κ1) is 28.2. The maximum atomic E-state index is 13.6. The van der Waals surface area contributed by atoms with Gasteiger partial charge >= 0.3 is 6.18 Å². The summed E-state index contributed by atoms with van der Waals surface area (Å²) in [4.78, 5) is 9.39. The van der Waals surface area contributed by atoms with Gasteiger partial charge in [-0.25, -0.2) is 9.97 Å². The number of nitrogens with two attached hydrogens (primary N) is 1. The number of thioether (sulfide) groups is 1. The van der Waals surface area contributed by atoms with Gasteiger partial charge in [-0.05, 0) is 60.2 Å². The monoisotopic (exact) mass is 605 g/mol. The molecule has 2 aromatic carbocycles. The Hall–Kier alpha value is -2.81. The molecule has 38 heavy (non-hydrogen) atoms. The molecule has 11 heteroatoms. The van der Waals surface area contributed by atoms with E-state index < -0.39 is 23.7 Å². The van der Waals surface area contributed by atoms with Crippen LogP contribution in [-0.2, 0) is 12.6 Å². The highest BCUT2D eigenvalue weighted by Gasteiger charge is 2.39. The number of nitrogens with one attached hydrogen (secondary N) is 1. The first-order valence-corrected chi connectivity index (χ1v) is 14.2. The van der Waals surface area contributed by atoms with Crippen molar-refractivity contribution >= 4 is 33.4 Å². The van der Waals surface area contributed by atoms with E-state index in [9.17, 15) is 18.4 Å². The Balaban J connectivity index is 1.81. The molecule has 3 aromatic rings. The summed E-state index contributed by atoms with van der Waals surface area (Å²) in [6, 6.07) is 10.5. The third kappa shape index (κ3) is 6.25. The smallest absolute Gasteiger partial charge is 0.416 e. The van der Waals surface area contributed by atoms with Crippen LogP contribution in [0.1, 0.15) is 53.0 Å². The van der Waals surface area contributed by atoms with Crippen LogP contribution in [0.4, 0.5) is 18.9 Å². The number of nitrogens with zero attached hydrogens (tertiary/aromatic N) is 3. The molecule has 0 amide bonds. The van der Waals surface area contributed by atoms with E-state index in [1.165, 1.54) is 6.07 Å². The number of hydrogen-bond acceptors (Lipinski definition) is 7. The number of nitriles is 1. The van der Waals surface area contributed by atoms with Crippen molar-refractivity contribution < 1.29 is 17.9 Å². The largest absolute Gasteiger partial charge is 0.489 e. The maximum absolute atomic E-state index is 13.6. The third-order valence-corrected chi connectivity index (χ3v) is 7.51. The van der Waals surface area contributed by atoms with Gasteiger partial charge in [0.25, 0.3) is 0 Å². The van der Waals surface area contributed by atoms with Crippen LogP contribution >= 0.6 is 27.7 Å². The minimum Gasteiger partial charge on any atom is -0.489 e. The van der Waals surface area contributed by atoms with Gasteiger partial charge in [-0.15, -0.1) is 0 Å². The number of hydrogen-bond donors (Lipinski definition) is 2. The third-order valence-electron chi connectivity index (χ3n) is 6.47. The fourth-order valence-electron chi connectivity index (χ4n) is 4.61. The number of ether oxygens (including phenoxy) is 1. The second-order valence-corrected chi connectivity index (χ2v) is 10.9. The minimum atomic E-state index is -4.49. The predicted molar refractivity (Wildman–Crippen MR) is 147 cm³/mol. The lowest BCUT2D eigenvalue weighted by Gasteiger charge is -2.38. The molecule has 0 aliphatic carbocycles. The number of fused-ring (bicyclic) bond motifs is 1. The molecular weight excluding hydrogens is 579 g/mol. The van der Waals surface area contributed by atoms with Crippen LogP contribution in [0.3, 0.4) is 0 Å². The van der Waals surface area contributed by atoms with Crippen molar-refractivity contribution in [1.29, 1.82) is 5.26 Å². The average Bonchev–Trinajstić information content (AvgIpc) is 2.88. The Kier molecular flexibility index (Phi) is 8.85. The summed E-state index contributed by atoms with van der Waals surface area (Å²) in [5, 5.41) is 12.7. The van der Waals surface area contributed by atoms with Gasteiger partial charge in [0.1, 0.15) is 5.82 Å². The Morgan fingerprint density at radius 1 is 1.24 bits per heavy atom. The van der Waals surface area contributed by atoms with Gasteiger partial charge in [-0.2, -0.15) is 30.2 Å². The molecule has 1 aliphatic heterocycles. The Bertz CT molecular complexity index is 1350. The standard InChI is InChI=1S/C27H27BrF3N5OS/c1-3-20-25(33)24(19-12-17(27(29,30)31)4-5-21(19)35-20)26-34-14-23(37-6-7-38-2)22(36-26)11-15-8-16(13-32)10-18(28)9-15/h4-5,8-10,12,14,20,24-25,35H,3,6-7,11,33H2,1-2H3. The van der Waals surface area contributed by atoms with Crippen molar-refractivity contribution in [2.45, 2.75) is 43.9 Å². The van der Waals surface area contributed by atoms with Crippen molar-refractivity contribution in [1.82, 2.24) is 9.97 Å². The summed E-state index contributed by atoms with van der Waals surface area (Å²) in [6.07, 6.45) is 0.0701. The van der Waals surface area contributed by atoms with Gasteiger partial charge in [0.05, 0.1) is 41.6 Å². The summed E-state index contributed by atoms with van der Waals surface area (Å²) in [5.41, 5.74) is 8.79. The van der Waals surface area contributed by atoms with Crippen molar-refractivity contribution in [3.63, 3.8) is 0 Å². The zero-order valence-corrected chi connectivity index (χ0v) is 23.3. The molecule has 0 radical (unpaired) electrons. The van der Waals surface area contributed by atoms with Crippen LogP contribution in [0, 0.1) is 11.3 Å². The fraction of sp³-hybridized carbons (Fsp3) is 0.370. The van der Waals surface area contributed by atoms with Crippen LogP contribution in [0.5, 0.6) is 5.75 Å². The quantitative estimate of drug-likeness (QED) is 0.298. The first-order valence-electron chi connectivity index (χ1n) is 12.0. The lowest BCUT2D eigenvalue weighted by molar-refractivity contribution is -0.137. The lowest BCUT2D eigenvalue weighted by atomic mass is 9.80. The van der Waals surface area contributed by atoms with Crippen LogP contribution < -0.4 is 15.8 Å². The van der Waals surface area contributed by atoms with Gasteiger partial charge in [0, 0.05) is 34.4 Å². The van der Waals surface area contributed by atoms with Gasteiger partial charge in [0.2, 0.25) is 0 Å². The number of aromatic nitrogens is 2. The maximum Gasteiger partial charge on any atom is 0.416 e. The average molecular weight is 607 g/mol. The molecule has 6 nitrogen and oxygen atoms in total. The number of anilines is 1. The Morgan fingerprint density at radius 3 is 2.71 bits per heavy atom. The highest BCUT2D eigenvalue weighted by molar-refractivity contribution is 9.10. The molecule has 3 N–H and O–H groups in total. The molecule has 1 aromatic heterocycles. The summed E-state index contributed by atoms with van der Waals surface area (Å²) >= 11 is 5.08. The second kappa shape index (κ2) is 11.9. The van der Waals surface area contributed by atoms with Gasteiger partial charge in [-0.1, -0.05) is 22.9 Å². The number of benzene rings is 2. The molecule has 4 rings (SSSR count). The molecule has 2 heterocycles. The van der Waals surface area contributed by atoms with E-state index in [2.05, 4.69) is 32.3 Å². The van der Waals surface area contributed by atoms with E-state index in [4.69, 9.17) is 15.5 Å². The molecule has 0 saturated heterocycles.